The van der Waals surface area contributed by atoms with Gasteiger partial charge in [-0.05, 0) is 18.1 Å². The van der Waals surface area contributed by atoms with E-state index in [-0.39, 0.29) is 5.92 Å². The van der Waals surface area contributed by atoms with Crippen molar-refractivity contribution in [1.29, 1.82) is 0 Å². The lowest BCUT2D eigenvalue weighted by molar-refractivity contribution is 0.365. The molecule has 1 aliphatic heterocycles. The number of benzene rings is 1. The zero-order valence-corrected chi connectivity index (χ0v) is 9.81. The summed E-state index contributed by atoms with van der Waals surface area (Å²) in [5.41, 5.74) is 2.42. The molecule has 1 unspecified atom stereocenters. The van der Waals surface area contributed by atoms with E-state index < -0.39 is 0 Å². The molecule has 0 saturated carbocycles. The molecule has 1 aliphatic rings. The van der Waals surface area contributed by atoms with Gasteiger partial charge in [-0.1, -0.05) is 30.3 Å². The highest BCUT2D eigenvalue weighted by Crippen LogP contribution is 2.34. The molecule has 1 N–H and O–H groups in total. The van der Waals surface area contributed by atoms with Crippen molar-refractivity contribution in [3.63, 3.8) is 0 Å². The Labute approximate surface area is 100 Å². The van der Waals surface area contributed by atoms with E-state index in [0.717, 1.165) is 31.1 Å². The van der Waals surface area contributed by atoms with E-state index in [1.807, 2.05) is 12.1 Å². The lowest BCUT2D eigenvalue weighted by Crippen LogP contribution is -2.04. The van der Waals surface area contributed by atoms with Crippen LogP contribution in [0.2, 0.25) is 0 Å². The molecule has 2 heterocycles. The number of nitrogens with zero attached hydrogens (tertiary/aromatic N) is 2. The lowest BCUT2D eigenvalue weighted by atomic mass is 10.0. The zero-order chi connectivity index (χ0) is 11.7. The molecule has 1 aromatic heterocycles. The Kier molecular flexibility index (Phi) is 2.55. The number of hydrogen-bond acceptors (Lipinski definition) is 4. The normalized spacial score (nSPS) is 17.8. The maximum absolute atomic E-state index is 5.36. The summed E-state index contributed by atoms with van der Waals surface area (Å²) in [4.78, 5) is 4.46. The van der Waals surface area contributed by atoms with Crippen LogP contribution in [-0.4, -0.2) is 16.7 Å². The molecular formula is C13H15N3O. The summed E-state index contributed by atoms with van der Waals surface area (Å²) in [6.45, 7) is 2.95. The molecule has 4 heteroatoms. The number of nitrogens with one attached hydrogen (secondary N) is 1. The van der Waals surface area contributed by atoms with Gasteiger partial charge in [0.05, 0.1) is 5.92 Å². The number of aromatic nitrogens is 2. The van der Waals surface area contributed by atoms with Crippen LogP contribution < -0.4 is 5.32 Å². The molecule has 1 atom stereocenters. The summed E-state index contributed by atoms with van der Waals surface area (Å²) in [6.07, 6.45) is 1.92. The third-order valence-corrected chi connectivity index (χ3v) is 3.09. The molecule has 1 aromatic carbocycles. The van der Waals surface area contributed by atoms with Crippen molar-refractivity contribution in [2.45, 2.75) is 25.7 Å². The molecule has 0 amide bonds. The molecule has 88 valence electrons. The first kappa shape index (κ1) is 10.3. The summed E-state index contributed by atoms with van der Waals surface area (Å²) in [5, 5.41) is 7.37. The van der Waals surface area contributed by atoms with Gasteiger partial charge in [-0.3, -0.25) is 0 Å². The minimum Gasteiger partial charge on any atom is -0.384 e. The molecule has 4 nitrogen and oxygen atoms in total. The average molecular weight is 229 g/mol. The van der Waals surface area contributed by atoms with Crippen molar-refractivity contribution in [2.75, 3.05) is 11.9 Å². The fraction of sp³-hybridized carbons (Fsp3) is 0.385. The van der Waals surface area contributed by atoms with E-state index in [4.69, 9.17) is 4.52 Å². The van der Waals surface area contributed by atoms with Crippen LogP contribution in [0.1, 0.15) is 36.5 Å². The van der Waals surface area contributed by atoms with E-state index in [1.54, 1.807) is 0 Å². The molecule has 0 radical (unpaired) electrons. The van der Waals surface area contributed by atoms with Crippen LogP contribution in [-0.2, 0) is 6.42 Å². The Morgan fingerprint density at radius 1 is 1.41 bits per heavy atom. The number of aryl methyl sites for hydroxylation is 1. The molecular weight excluding hydrogens is 214 g/mol. The standard InChI is InChI=1S/C13H15N3O/c1-2-5-12-15-13(17-16-12)10-8-14-11-7-4-3-6-9(10)11/h3-4,6-7,10,14H,2,5,8H2,1H3. The highest BCUT2D eigenvalue weighted by molar-refractivity contribution is 5.59. The zero-order valence-electron chi connectivity index (χ0n) is 9.81. The van der Waals surface area contributed by atoms with Gasteiger partial charge in [0, 0.05) is 18.7 Å². The van der Waals surface area contributed by atoms with Crippen molar-refractivity contribution in [1.82, 2.24) is 10.1 Å². The van der Waals surface area contributed by atoms with Gasteiger partial charge in [0.25, 0.3) is 0 Å². The highest BCUT2D eigenvalue weighted by atomic mass is 16.5. The number of para-hydroxylation sites is 1. The molecule has 2 aromatic rings. The molecule has 0 fully saturated rings. The van der Waals surface area contributed by atoms with E-state index in [9.17, 15) is 0 Å². The second-order valence-corrected chi connectivity index (χ2v) is 4.32. The largest absolute Gasteiger partial charge is 0.384 e. The first-order valence-electron chi connectivity index (χ1n) is 6.03. The van der Waals surface area contributed by atoms with Gasteiger partial charge in [0.15, 0.2) is 5.82 Å². The quantitative estimate of drug-likeness (QED) is 0.878. The fourth-order valence-electron chi connectivity index (χ4n) is 2.24. The third kappa shape index (κ3) is 1.79. The van der Waals surface area contributed by atoms with E-state index in [1.165, 1.54) is 11.3 Å². The topological polar surface area (TPSA) is 51.0 Å². The van der Waals surface area contributed by atoms with Crippen LogP contribution in [0.4, 0.5) is 5.69 Å². The molecule has 0 saturated heterocycles. The van der Waals surface area contributed by atoms with Crippen LogP contribution in [0.25, 0.3) is 0 Å². The Hall–Kier alpha value is -1.84. The van der Waals surface area contributed by atoms with Crippen LogP contribution in [0, 0.1) is 0 Å². The molecule has 0 spiro atoms. The van der Waals surface area contributed by atoms with Crippen molar-refractivity contribution in [3.8, 4) is 0 Å². The van der Waals surface area contributed by atoms with E-state index in [0.29, 0.717) is 0 Å². The number of hydrogen-bond donors (Lipinski definition) is 1. The van der Waals surface area contributed by atoms with Gasteiger partial charge < -0.3 is 9.84 Å². The smallest absolute Gasteiger partial charge is 0.236 e. The SMILES string of the molecule is CCCc1noc(C2CNc3ccccc32)n1. The Bertz CT molecular complexity index is 521. The average Bonchev–Trinajstić information content (AvgIpc) is 2.95. The van der Waals surface area contributed by atoms with Crippen LogP contribution >= 0.6 is 0 Å². The van der Waals surface area contributed by atoms with Gasteiger partial charge in [-0.2, -0.15) is 4.98 Å². The maximum atomic E-state index is 5.36. The number of anilines is 1. The number of rotatable bonds is 3. The maximum Gasteiger partial charge on any atom is 0.236 e. The van der Waals surface area contributed by atoms with E-state index >= 15 is 0 Å². The Balaban J connectivity index is 1.90. The monoisotopic (exact) mass is 229 g/mol. The predicted octanol–water partition coefficient (Wildman–Crippen LogP) is 2.58. The van der Waals surface area contributed by atoms with Gasteiger partial charge in [-0.15, -0.1) is 0 Å². The van der Waals surface area contributed by atoms with Crippen molar-refractivity contribution < 1.29 is 4.52 Å². The molecule has 3 rings (SSSR count). The number of fused-ring (bicyclic) bond motifs is 1. The van der Waals surface area contributed by atoms with Crippen molar-refractivity contribution in [3.05, 3.63) is 41.5 Å². The third-order valence-electron chi connectivity index (χ3n) is 3.09. The molecule has 0 bridgehead atoms. The summed E-state index contributed by atoms with van der Waals surface area (Å²) in [6, 6.07) is 8.27. The summed E-state index contributed by atoms with van der Waals surface area (Å²) >= 11 is 0. The van der Waals surface area contributed by atoms with Crippen molar-refractivity contribution in [2.24, 2.45) is 0 Å². The van der Waals surface area contributed by atoms with Crippen molar-refractivity contribution >= 4 is 5.69 Å². The minimum absolute atomic E-state index is 0.198. The lowest BCUT2D eigenvalue weighted by Gasteiger charge is -2.02. The van der Waals surface area contributed by atoms with Gasteiger partial charge in [0.1, 0.15) is 0 Å². The van der Waals surface area contributed by atoms with Gasteiger partial charge >= 0.3 is 0 Å². The Morgan fingerprint density at radius 2 is 2.29 bits per heavy atom. The summed E-state index contributed by atoms with van der Waals surface area (Å²) < 4.78 is 5.36. The minimum atomic E-state index is 0.198. The molecule has 17 heavy (non-hydrogen) atoms. The first-order valence-corrected chi connectivity index (χ1v) is 6.03. The second kappa shape index (κ2) is 4.20. The van der Waals surface area contributed by atoms with Crippen LogP contribution in [0.3, 0.4) is 0 Å². The van der Waals surface area contributed by atoms with E-state index in [2.05, 4.69) is 34.5 Å². The summed E-state index contributed by atoms with van der Waals surface area (Å²) in [5.74, 6) is 1.74. The van der Waals surface area contributed by atoms with Gasteiger partial charge in [0.2, 0.25) is 5.89 Å². The predicted molar refractivity (Wildman–Crippen MR) is 65.1 cm³/mol. The van der Waals surface area contributed by atoms with Crippen LogP contribution in [0.15, 0.2) is 28.8 Å². The molecule has 0 aliphatic carbocycles. The highest BCUT2D eigenvalue weighted by Gasteiger charge is 2.27. The second-order valence-electron chi connectivity index (χ2n) is 4.32. The first-order chi connectivity index (χ1) is 8.38. The summed E-state index contributed by atoms with van der Waals surface area (Å²) in [7, 11) is 0. The van der Waals surface area contributed by atoms with Crippen LogP contribution in [0.5, 0.6) is 0 Å². The van der Waals surface area contributed by atoms with Gasteiger partial charge in [-0.25, -0.2) is 0 Å². The Morgan fingerprint density at radius 3 is 3.18 bits per heavy atom. The fourth-order valence-corrected chi connectivity index (χ4v) is 2.24.